The van der Waals surface area contributed by atoms with Crippen molar-refractivity contribution in [3.63, 3.8) is 0 Å². The molecule has 0 bridgehead atoms. The van der Waals surface area contributed by atoms with Crippen LogP contribution in [0.5, 0.6) is 0 Å². The number of hydrazone groups is 1. The Bertz CT molecular complexity index is 1410. The lowest BCUT2D eigenvalue weighted by Crippen LogP contribution is -2.11. The molecule has 0 spiro atoms. The third kappa shape index (κ3) is 7.30. The molecular weight excluding hydrogens is 519 g/mol. The molecule has 0 amide bonds. The topological polar surface area (TPSA) is 100 Å². The molecule has 2 aromatic carbocycles. The van der Waals surface area contributed by atoms with Crippen LogP contribution in [-0.4, -0.2) is 26.2 Å². The molecular formula is C23H16ClF5N8. The molecule has 0 fully saturated rings. The Balaban J connectivity index is 1.58. The number of alkyl halides is 3. The molecule has 14 heteroatoms. The van der Waals surface area contributed by atoms with Gasteiger partial charge in [0.05, 0.1) is 11.8 Å². The second-order valence-electron chi connectivity index (χ2n) is 7.39. The number of aromatic nitrogens is 4. The molecule has 190 valence electrons. The van der Waals surface area contributed by atoms with E-state index < -0.39 is 23.4 Å². The Kier molecular flexibility index (Phi) is 7.72. The predicted molar refractivity (Wildman–Crippen MR) is 129 cm³/mol. The Morgan fingerprint density at radius 2 is 1.70 bits per heavy atom. The first-order chi connectivity index (χ1) is 17.7. The first kappa shape index (κ1) is 25.7. The molecule has 0 aliphatic heterocycles. The fourth-order valence-electron chi connectivity index (χ4n) is 2.95. The van der Waals surface area contributed by atoms with Crippen molar-refractivity contribution in [2.24, 2.45) is 5.10 Å². The highest BCUT2D eigenvalue weighted by Crippen LogP contribution is 2.33. The lowest BCUT2D eigenvalue weighted by Gasteiger charge is -2.12. The summed E-state index contributed by atoms with van der Waals surface area (Å²) in [5.74, 6) is -2.07. The molecule has 4 aromatic rings. The second kappa shape index (κ2) is 11.1. The molecule has 2 heterocycles. The molecule has 0 saturated heterocycles. The summed E-state index contributed by atoms with van der Waals surface area (Å²) in [7, 11) is 0. The van der Waals surface area contributed by atoms with Crippen molar-refractivity contribution in [2.45, 2.75) is 12.7 Å². The Morgan fingerprint density at radius 1 is 0.919 bits per heavy atom. The SMILES string of the molecule is Fc1cccc(/C=N/Nc2nc(NCc3ccc(Cl)nc3)nc(Nc3ccc(F)c(C(F)(F)F)c3)n2)c1. The summed E-state index contributed by atoms with van der Waals surface area (Å²) in [5.41, 5.74) is 2.21. The van der Waals surface area contributed by atoms with Gasteiger partial charge in [-0.25, -0.2) is 19.2 Å². The zero-order valence-electron chi connectivity index (χ0n) is 18.6. The minimum absolute atomic E-state index is 0.0362. The van der Waals surface area contributed by atoms with Crippen molar-refractivity contribution < 1.29 is 22.0 Å². The third-order valence-corrected chi connectivity index (χ3v) is 4.85. The normalized spacial score (nSPS) is 11.5. The van der Waals surface area contributed by atoms with Crippen LogP contribution in [0.2, 0.25) is 5.15 Å². The zero-order chi connectivity index (χ0) is 26.4. The van der Waals surface area contributed by atoms with Crippen LogP contribution < -0.4 is 16.1 Å². The quantitative estimate of drug-likeness (QED) is 0.110. The molecule has 37 heavy (non-hydrogen) atoms. The van der Waals surface area contributed by atoms with E-state index in [-0.39, 0.29) is 30.1 Å². The molecule has 0 saturated carbocycles. The fourth-order valence-corrected chi connectivity index (χ4v) is 3.07. The Morgan fingerprint density at radius 3 is 2.43 bits per heavy atom. The number of rotatable bonds is 8. The van der Waals surface area contributed by atoms with E-state index in [4.69, 9.17) is 11.6 Å². The zero-order valence-corrected chi connectivity index (χ0v) is 19.3. The molecule has 0 aliphatic rings. The van der Waals surface area contributed by atoms with Crippen molar-refractivity contribution in [3.8, 4) is 0 Å². The van der Waals surface area contributed by atoms with Crippen LogP contribution in [0.3, 0.4) is 0 Å². The van der Waals surface area contributed by atoms with Gasteiger partial charge in [0, 0.05) is 18.4 Å². The lowest BCUT2D eigenvalue weighted by atomic mass is 10.2. The maximum absolute atomic E-state index is 13.7. The molecule has 2 aromatic heterocycles. The molecule has 3 N–H and O–H groups in total. The van der Waals surface area contributed by atoms with Gasteiger partial charge in [-0.1, -0.05) is 29.8 Å². The summed E-state index contributed by atoms with van der Waals surface area (Å²) in [6, 6.07) is 11.4. The number of benzene rings is 2. The van der Waals surface area contributed by atoms with E-state index in [9.17, 15) is 22.0 Å². The van der Waals surface area contributed by atoms with Crippen molar-refractivity contribution in [1.29, 1.82) is 0 Å². The highest BCUT2D eigenvalue weighted by atomic mass is 35.5. The molecule has 0 unspecified atom stereocenters. The van der Waals surface area contributed by atoms with Gasteiger partial charge in [0.2, 0.25) is 17.8 Å². The molecule has 0 atom stereocenters. The van der Waals surface area contributed by atoms with Crippen LogP contribution in [0.4, 0.5) is 45.5 Å². The number of hydrogen-bond acceptors (Lipinski definition) is 8. The van der Waals surface area contributed by atoms with E-state index in [1.807, 2.05) is 0 Å². The average molecular weight is 535 g/mol. The number of anilines is 4. The third-order valence-electron chi connectivity index (χ3n) is 4.63. The van der Waals surface area contributed by atoms with E-state index in [1.165, 1.54) is 30.6 Å². The van der Waals surface area contributed by atoms with Gasteiger partial charge in [0.1, 0.15) is 16.8 Å². The summed E-state index contributed by atoms with van der Waals surface area (Å²) in [6.45, 7) is 0.231. The van der Waals surface area contributed by atoms with E-state index in [1.54, 1.807) is 18.2 Å². The van der Waals surface area contributed by atoms with Crippen molar-refractivity contribution in [3.05, 3.63) is 94.3 Å². The van der Waals surface area contributed by atoms with Gasteiger partial charge in [0.15, 0.2) is 0 Å². The number of halogens is 6. The van der Waals surface area contributed by atoms with Gasteiger partial charge in [-0.05, 0) is 47.5 Å². The number of nitrogens with zero attached hydrogens (tertiary/aromatic N) is 5. The predicted octanol–water partition coefficient (Wildman–Crippen LogP) is 6.02. The molecule has 0 radical (unpaired) electrons. The van der Waals surface area contributed by atoms with Crippen LogP contribution in [0, 0.1) is 11.6 Å². The Hall–Kier alpha value is -4.39. The first-order valence-electron chi connectivity index (χ1n) is 10.4. The van der Waals surface area contributed by atoms with Gasteiger partial charge < -0.3 is 10.6 Å². The summed E-state index contributed by atoms with van der Waals surface area (Å²) in [4.78, 5) is 16.4. The first-order valence-corrected chi connectivity index (χ1v) is 10.8. The van der Waals surface area contributed by atoms with E-state index in [2.05, 4.69) is 41.1 Å². The van der Waals surface area contributed by atoms with E-state index >= 15 is 0 Å². The minimum atomic E-state index is -4.89. The maximum atomic E-state index is 13.7. The van der Waals surface area contributed by atoms with Crippen molar-refractivity contribution in [2.75, 3.05) is 16.1 Å². The molecule has 0 aliphatic carbocycles. The van der Waals surface area contributed by atoms with Crippen molar-refractivity contribution in [1.82, 2.24) is 19.9 Å². The largest absolute Gasteiger partial charge is 0.419 e. The van der Waals surface area contributed by atoms with E-state index in [0.29, 0.717) is 22.8 Å². The highest BCUT2D eigenvalue weighted by Gasteiger charge is 2.34. The maximum Gasteiger partial charge on any atom is 0.419 e. The van der Waals surface area contributed by atoms with Crippen LogP contribution in [-0.2, 0) is 12.7 Å². The monoisotopic (exact) mass is 534 g/mol. The summed E-state index contributed by atoms with van der Waals surface area (Å²) >= 11 is 5.79. The van der Waals surface area contributed by atoms with Gasteiger partial charge in [-0.3, -0.25) is 0 Å². The fraction of sp³-hybridized carbons (Fsp3) is 0.0870. The van der Waals surface area contributed by atoms with Gasteiger partial charge in [0.25, 0.3) is 0 Å². The number of hydrogen-bond donors (Lipinski definition) is 3. The van der Waals surface area contributed by atoms with Gasteiger partial charge >= 0.3 is 6.18 Å². The van der Waals surface area contributed by atoms with Gasteiger partial charge in [-0.15, -0.1) is 0 Å². The average Bonchev–Trinajstić information content (AvgIpc) is 2.84. The highest BCUT2D eigenvalue weighted by molar-refractivity contribution is 6.29. The van der Waals surface area contributed by atoms with Crippen molar-refractivity contribution >= 4 is 41.3 Å². The van der Waals surface area contributed by atoms with Crippen LogP contribution >= 0.6 is 11.6 Å². The van der Waals surface area contributed by atoms with Crippen LogP contribution in [0.25, 0.3) is 0 Å². The number of pyridine rings is 1. The smallest absolute Gasteiger partial charge is 0.350 e. The second-order valence-corrected chi connectivity index (χ2v) is 7.78. The lowest BCUT2D eigenvalue weighted by molar-refractivity contribution is -0.139. The van der Waals surface area contributed by atoms with E-state index in [0.717, 1.165) is 11.6 Å². The standard InChI is InChI=1S/C23H16ClF5N8/c24-19-7-4-14(10-30-19)11-31-20-34-21(33-16-5-6-18(26)17(9-16)23(27,28)29)36-22(35-20)37-32-12-13-2-1-3-15(25)8-13/h1-10,12H,11H2,(H3,31,33,34,35,36,37)/b32-12+. The summed E-state index contributed by atoms with van der Waals surface area (Å²) < 4.78 is 66.3. The number of nitrogens with one attached hydrogen (secondary N) is 3. The van der Waals surface area contributed by atoms with Crippen LogP contribution in [0.15, 0.2) is 65.9 Å². The summed E-state index contributed by atoms with van der Waals surface area (Å²) in [5, 5.41) is 9.82. The molecule has 4 rings (SSSR count). The Labute approximate surface area is 211 Å². The summed E-state index contributed by atoms with van der Waals surface area (Å²) in [6.07, 6.45) is -2.03. The molecule has 8 nitrogen and oxygen atoms in total. The van der Waals surface area contributed by atoms with Crippen LogP contribution in [0.1, 0.15) is 16.7 Å². The van der Waals surface area contributed by atoms with Gasteiger partial charge in [-0.2, -0.15) is 33.2 Å². The minimum Gasteiger partial charge on any atom is -0.350 e.